The molecule has 4 atom stereocenters. The van der Waals surface area contributed by atoms with Crippen LogP contribution in [0.4, 0.5) is 0 Å². The molecule has 6 heteroatoms. The second kappa shape index (κ2) is 7.49. The molecule has 2 N–H and O–H groups in total. The number of carbonyl (C=O) groups excluding carboxylic acids is 1. The zero-order valence-electron chi connectivity index (χ0n) is 15.7. The summed E-state index contributed by atoms with van der Waals surface area (Å²) in [5, 5.41) is 11.5. The summed E-state index contributed by atoms with van der Waals surface area (Å²) in [5.74, 6) is 3.20. The molecule has 3 aliphatic carbocycles. The van der Waals surface area contributed by atoms with Gasteiger partial charge in [-0.2, -0.15) is 0 Å². The van der Waals surface area contributed by atoms with Gasteiger partial charge in [-0.1, -0.05) is 26.2 Å². The van der Waals surface area contributed by atoms with Gasteiger partial charge in [0.15, 0.2) is 5.69 Å². The van der Waals surface area contributed by atoms with E-state index in [9.17, 15) is 9.59 Å². The fourth-order valence-corrected chi connectivity index (χ4v) is 5.45. The zero-order chi connectivity index (χ0) is 18.1. The number of H-pyrrole nitrogens is 1. The van der Waals surface area contributed by atoms with E-state index in [0.29, 0.717) is 36.2 Å². The van der Waals surface area contributed by atoms with E-state index >= 15 is 0 Å². The van der Waals surface area contributed by atoms with Gasteiger partial charge in [-0.05, 0) is 56.3 Å². The maximum Gasteiger partial charge on any atom is 0.275 e. The average Bonchev–Trinajstić information content (AvgIpc) is 3.37. The summed E-state index contributed by atoms with van der Waals surface area (Å²) in [6.07, 6.45) is 10.9. The normalized spacial score (nSPS) is 29.2. The summed E-state index contributed by atoms with van der Waals surface area (Å²) in [6.45, 7) is 1.97. The molecule has 142 valence electrons. The van der Waals surface area contributed by atoms with Gasteiger partial charge in [-0.15, -0.1) is 10.2 Å². The van der Waals surface area contributed by atoms with Crippen molar-refractivity contribution in [3.05, 3.63) is 21.9 Å². The Morgan fingerprint density at radius 1 is 1.19 bits per heavy atom. The Hall–Kier alpha value is -1.72. The van der Waals surface area contributed by atoms with Crippen molar-refractivity contribution >= 4 is 5.91 Å². The van der Waals surface area contributed by atoms with Crippen LogP contribution in [0.25, 0.3) is 0 Å². The minimum atomic E-state index is -0.352. The molecule has 2 bridgehead atoms. The van der Waals surface area contributed by atoms with Crippen LogP contribution in [-0.4, -0.2) is 21.1 Å². The lowest BCUT2D eigenvalue weighted by molar-refractivity contribution is -0.123. The van der Waals surface area contributed by atoms with E-state index in [2.05, 4.69) is 20.5 Å². The highest BCUT2D eigenvalue weighted by Gasteiger charge is 2.40. The van der Waals surface area contributed by atoms with Crippen LogP contribution in [-0.2, 0) is 4.79 Å². The van der Waals surface area contributed by atoms with Crippen LogP contribution in [0, 0.1) is 17.8 Å². The highest BCUT2D eigenvalue weighted by atomic mass is 16.2. The third-order valence-corrected chi connectivity index (χ3v) is 6.89. The van der Waals surface area contributed by atoms with Gasteiger partial charge in [0.2, 0.25) is 5.91 Å². The Labute approximate surface area is 154 Å². The molecule has 1 heterocycles. The summed E-state index contributed by atoms with van der Waals surface area (Å²) < 4.78 is 0. The number of nitrogens with zero attached hydrogens (tertiary/aromatic N) is 2. The zero-order valence-corrected chi connectivity index (χ0v) is 15.7. The maximum atomic E-state index is 12.5. The van der Waals surface area contributed by atoms with Gasteiger partial charge in [-0.25, -0.2) is 0 Å². The van der Waals surface area contributed by atoms with Gasteiger partial charge >= 0.3 is 0 Å². The lowest BCUT2D eigenvalue weighted by atomic mass is 9.86. The first-order chi connectivity index (χ1) is 12.6. The first-order valence-corrected chi connectivity index (χ1v) is 10.4. The van der Waals surface area contributed by atoms with E-state index in [1.165, 1.54) is 38.5 Å². The van der Waals surface area contributed by atoms with Crippen LogP contribution in [0.15, 0.2) is 4.79 Å². The monoisotopic (exact) mass is 358 g/mol. The molecule has 26 heavy (non-hydrogen) atoms. The van der Waals surface area contributed by atoms with Crippen molar-refractivity contribution in [1.29, 1.82) is 0 Å². The predicted octanol–water partition coefficient (Wildman–Crippen LogP) is 3.22. The van der Waals surface area contributed by atoms with E-state index in [4.69, 9.17) is 0 Å². The molecule has 3 aliphatic rings. The van der Waals surface area contributed by atoms with Gasteiger partial charge in [0.05, 0.1) is 6.04 Å². The molecule has 3 saturated carbocycles. The SMILES string of the molecule is CCC(NC(=O)CC1CC2CCC1C2)c1nnc(C2CCCC2)[nH]c1=O. The Morgan fingerprint density at radius 2 is 2.00 bits per heavy atom. The van der Waals surface area contributed by atoms with Crippen molar-refractivity contribution in [2.24, 2.45) is 17.8 Å². The molecule has 6 nitrogen and oxygen atoms in total. The predicted molar refractivity (Wildman–Crippen MR) is 98.6 cm³/mol. The molecule has 4 rings (SSSR count). The Morgan fingerprint density at radius 3 is 2.62 bits per heavy atom. The fourth-order valence-electron chi connectivity index (χ4n) is 5.45. The number of aromatic amines is 1. The number of fused-ring (bicyclic) bond motifs is 2. The summed E-state index contributed by atoms with van der Waals surface area (Å²) in [6, 6.07) is -0.352. The van der Waals surface area contributed by atoms with E-state index in [1.807, 2.05) is 6.92 Å². The van der Waals surface area contributed by atoms with Crippen LogP contribution in [0.2, 0.25) is 0 Å². The highest BCUT2D eigenvalue weighted by molar-refractivity contribution is 5.76. The van der Waals surface area contributed by atoms with Crippen molar-refractivity contribution in [1.82, 2.24) is 20.5 Å². The topological polar surface area (TPSA) is 87.7 Å². The summed E-state index contributed by atoms with van der Waals surface area (Å²) in [5.41, 5.74) is 0.143. The lowest BCUT2D eigenvalue weighted by Gasteiger charge is -2.22. The van der Waals surface area contributed by atoms with Crippen molar-refractivity contribution < 1.29 is 4.79 Å². The van der Waals surface area contributed by atoms with Crippen LogP contribution in [0.3, 0.4) is 0 Å². The Balaban J connectivity index is 1.40. The molecular formula is C20H30N4O2. The first-order valence-electron chi connectivity index (χ1n) is 10.4. The standard InChI is InChI=1S/C20H30N4O2/c1-2-16(21-17(25)11-15-10-12-7-8-14(15)9-12)18-20(26)22-19(24-23-18)13-5-3-4-6-13/h12-16H,2-11H2,1H3,(H,21,25)(H,22,24,26). The fraction of sp³-hybridized carbons (Fsp3) is 0.800. The molecule has 3 fully saturated rings. The molecule has 4 unspecified atom stereocenters. The molecular weight excluding hydrogens is 328 g/mol. The molecule has 0 aromatic carbocycles. The van der Waals surface area contributed by atoms with Crippen molar-refractivity contribution in [3.8, 4) is 0 Å². The third kappa shape index (κ3) is 3.55. The van der Waals surface area contributed by atoms with Gasteiger partial charge in [0, 0.05) is 12.3 Å². The van der Waals surface area contributed by atoms with Crippen molar-refractivity contribution in [2.75, 3.05) is 0 Å². The number of hydrogen-bond donors (Lipinski definition) is 2. The van der Waals surface area contributed by atoms with Gasteiger partial charge < -0.3 is 10.3 Å². The summed E-state index contributed by atoms with van der Waals surface area (Å²) in [4.78, 5) is 28.0. The van der Waals surface area contributed by atoms with Crippen molar-refractivity contribution in [2.45, 2.75) is 83.1 Å². The minimum Gasteiger partial charge on any atom is -0.347 e. The lowest BCUT2D eigenvalue weighted by Crippen LogP contribution is -2.35. The number of rotatable bonds is 6. The van der Waals surface area contributed by atoms with E-state index in [-0.39, 0.29) is 17.5 Å². The highest BCUT2D eigenvalue weighted by Crippen LogP contribution is 2.49. The van der Waals surface area contributed by atoms with E-state index < -0.39 is 0 Å². The van der Waals surface area contributed by atoms with Crippen LogP contribution >= 0.6 is 0 Å². The number of aromatic nitrogens is 3. The molecule has 1 amide bonds. The van der Waals surface area contributed by atoms with Gasteiger partial charge in [-0.3, -0.25) is 9.59 Å². The van der Waals surface area contributed by atoms with E-state index in [1.54, 1.807) is 0 Å². The number of carbonyl (C=O) groups is 1. The summed E-state index contributed by atoms with van der Waals surface area (Å²) in [7, 11) is 0. The van der Waals surface area contributed by atoms with Crippen molar-refractivity contribution in [3.63, 3.8) is 0 Å². The molecule has 0 saturated heterocycles. The van der Waals surface area contributed by atoms with E-state index in [0.717, 1.165) is 24.7 Å². The third-order valence-electron chi connectivity index (χ3n) is 6.89. The molecule has 0 aliphatic heterocycles. The molecule has 0 radical (unpaired) electrons. The van der Waals surface area contributed by atoms with Crippen LogP contribution < -0.4 is 10.9 Å². The number of amides is 1. The van der Waals surface area contributed by atoms with Crippen LogP contribution in [0.1, 0.15) is 94.6 Å². The number of hydrogen-bond acceptors (Lipinski definition) is 4. The molecule has 1 aromatic heterocycles. The molecule has 1 aromatic rings. The average molecular weight is 358 g/mol. The number of nitrogens with one attached hydrogen (secondary N) is 2. The first kappa shape index (κ1) is 17.7. The Kier molecular flexibility index (Phi) is 5.09. The quantitative estimate of drug-likeness (QED) is 0.817. The molecule has 0 spiro atoms. The van der Waals surface area contributed by atoms with Gasteiger partial charge in [0.25, 0.3) is 5.56 Å². The van der Waals surface area contributed by atoms with Gasteiger partial charge in [0.1, 0.15) is 5.82 Å². The Bertz CT molecular complexity index is 710. The summed E-state index contributed by atoms with van der Waals surface area (Å²) >= 11 is 0. The largest absolute Gasteiger partial charge is 0.347 e. The smallest absolute Gasteiger partial charge is 0.275 e. The second-order valence-electron chi connectivity index (χ2n) is 8.57. The minimum absolute atomic E-state index is 0.0514. The van der Waals surface area contributed by atoms with Crippen LogP contribution in [0.5, 0.6) is 0 Å². The second-order valence-corrected chi connectivity index (χ2v) is 8.57. The maximum absolute atomic E-state index is 12.5.